The third kappa shape index (κ3) is 5.65. The fraction of sp³-hybridized carbons (Fsp3) is 0.409. The van der Waals surface area contributed by atoms with Crippen LogP contribution in [0.1, 0.15) is 37.3 Å². The molecule has 2 aromatic rings. The lowest BCUT2D eigenvalue weighted by Crippen LogP contribution is -2.41. The van der Waals surface area contributed by atoms with Gasteiger partial charge in [-0.1, -0.05) is 31.5 Å². The van der Waals surface area contributed by atoms with Crippen LogP contribution in [0.4, 0.5) is 18.9 Å². The molecule has 1 aliphatic heterocycles. The lowest BCUT2D eigenvalue weighted by Gasteiger charge is -2.30. The minimum atomic E-state index is -4.62. The first-order valence-corrected chi connectivity index (χ1v) is 11.6. The minimum absolute atomic E-state index is 0.0755. The summed E-state index contributed by atoms with van der Waals surface area (Å²) < 4.78 is 65.5. The number of anilines is 1. The van der Waals surface area contributed by atoms with Crippen LogP contribution in [0.15, 0.2) is 53.4 Å². The lowest BCUT2D eigenvalue weighted by atomic mass is 9.97. The van der Waals surface area contributed by atoms with E-state index in [1.54, 1.807) is 0 Å². The quantitative estimate of drug-likeness (QED) is 0.688. The van der Waals surface area contributed by atoms with E-state index in [-0.39, 0.29) is 24.9 Å². The highest BCUT2D eigenvalue weighted by atomic mass is 32.2. The van der Waals surface area contributed by atoms with Crippen LogP contribution in [0.25, 0.3) is 0 Å². The summed E-state index contributed by atoms with van der Waals surface area (Å²) in [6.45, 7) is 2.24. The molecular weight excluding hydrogens is 429 g/mol. The Labute approximate surface area is 180 Å². The Morgan fingerprint density at radius 1 is 1.10 bits per heavy atom. The summed E-state index contributed by atoms with van der Waals surface area (Å²) in [7, 11) is -4.06. The van der Waals surface area contributed by atoms with Crippen LogP contribution < -0.4 is 5.32 Å². The molecular formula is C22H25F3N2O3S. The summed E-state index contributed by atoms with van der Waals surface area (Å²) in [6.07, 6.45) is -2.01. The Morgan fingerprint density at radius 2 is 1.74 bits per heavy atom. The Morgan fingerprint density at radius 3 is 2.32 bits per heavy atom. The summed E-state index contributed by atoms with van der Waals surface area (Å²) >= 11 is 0. The molecule has 3 rings (SSSR count). The molecule has 1 N–H and O–H groups in total. The summed E-state index contributed by atoms with van der Waals surface area (Å²) in [4.78, 5) is 12.2. The van der Waals surface area contributed by atoms with Crippen LogP contribution in [0, 0.1) is 5.92 Å². The molecule has 31 heavy (non-hydrogen) atoms. The van der Waals surface area contributed by atoms with Gasteiger partial charge in [-0.25, -0.2) is 8.42 Å². The van der Waals surface area contributed by atoms with Gasteiger partial charge in [-0.15, -0.1) is 0 Å². The van der Waals surface area contributed by atoms with Gasteiger partial charge in [-0.05, 0) is 55.2 Å². The number of benzene rings is 2. The van der Waals surface area contributed by atoms with E-state index in [0.29, 0.717) is 24.6 Å². The van der Waals surface area contributed by atoms with E-state index < -0.39 is 26.7 Å². The average Bonchev–Trinajstić information content (AvgIpc) is 2.75. The molecule has 0 bridgehead atoms. The van der Waals surface area contributed by atoms with Gasteiger partial charge in [0.25, 0.3) is 0 Å². The van der Waals surface area contributed by atoms with Crippen molar-refractivity contribution in [2.75, 3.05) is 18.4 Å². The molecule has 1 aliphatic rings. The number of piperidine rings is 1. The van der Waals surface area contributed by atoms with E-state index >= 15 is 0 Å². The second kappa shape index (κ2) is 9.40. The number of aryl methyl sites for hydroxylation is 1. The number of rotatable bonds is 6. The number of sulfonamides is 1. The Bertz CT molecular complexity index is 1010. The number of halogens is 3. The third-order valence-corrected chi connectivity index (χ3v) is 7.28. The van der Waals surface area contributed by atoms with E-state index in [4.69, 9.17) is 0 Å². The van der Waals surface area contributed by atoms with Crippen LogP contribution >= 0.6 is 0 Å². The standard InChI is InChI=1S/C22H25F3N2O3S/c1-2-4-16-7-9-19(10-8-16)26-21(28)17-11-13-27(14-12-17)31(29,30)20-6-3-5-18(15-20)22(23,24)25/h3,5-10,15,17H,2,4,11-14H2,1H3,(H,26,28). The molecule has 1 amide bonds. The molecule has 1 heterocycles. The SMILES string of the molecule is CCCc1ccc(NC(=O)C2CCN(S(=O)(=O)c3cccc(C(F)(F)F)c3)CC2)cc1. The van der Waals surface area contributed by atoms with Gasteiger partial charge in [0.05, 0.1) is 10.5 Å². The highest BCUT2D eigenvalue weighted by Crippen LogP contribution is 2.32. The molecule has 1 saturated heterocycles. The number of carbonyl (C=O) groups excluding carboxylic acids is 1. The molecule has 1 fully saturated rings. The zero-order valence-electron chi connectivity index (χ0n) is 17.2. The van der Waals surface area contributed by atoms with E-state index in [1.165, 1.54) is 5.56 Å². The number of hydrogen-bond donors (Lipinski definition) is 1. The number of alkyl halides is 3. The second-order valence-electron chi connectivity index (χ2n) is 7.64. The van der Waals surface area contributed by atoms with Crippen LogP contribution in [0.5, 0.6) is 0 Å². The maximum atomic E-state index is 12.9. The number of amides is 1. The molecule has 0 saturated carbocycles. The predicted octanol–water partition coefficient (Wildman–Crippen LogP) is 4.70. The van der Waals surface area contributed by atoms with E-state index in [9.17, 15) is 26.4 Å². The van der Waals surface area contributed by atoms with Crippen LogP contribution in [-0.4, -0.2) is 31.7 Å². The highest BCUT2D eigenvalue weighted by Gasteiger charge is 2.35. The first-order valence-electron chi connectivity index (χ1n) is 10.2. The van der Waals surface area contributed by atoms with Gasteiger partial charge >= 0.3 is 6.18 Å². The fourth-order valence-electron chi connectivity index (χ4n) is 3.63. The Hall–Kier alpha value is -2.39. The Balaban J connectivity index is 1.61. The topological polar surface area (TPSA) is 66.5 Å². The van der Waals surface area contributed by atoms with Crippen molar-refractivity contribution in [2.24, 2.45) is 5.92 Å². The van der Waals surface area contributed by atoms with Crippen molar-refractivity contribution in [1.82, 2.24) is 4.31 Å². The van der Waals surface area contributed by atoms with Gasteiger partial charge in [0, 0.05) is 24.7 Å². The molecule has 0 unspecified atom stereocenters. The predicted molar refractivity (Wildman–Crippen MR) is 112 cm³/mol. The van der Waals surface area contributed by atoms with Crippen molar-refractivity contribution >= 4 is 21.6 Å². The van der Waals surface area contributed by atoms with Crippen LogP contribution in [0.3, 0.4) is 0 Å². The average molecular weight is 455 g/mol. The first-order chi connectivity index (χ1) is 14.6. The van der Waals surface area contributed by atoms with Gasteiger partial charge < -0.3 is 5.32 Å². The van der Waals surface area contributed by atoms with Gasteiger partial charge in [0.2, 0.25) is 15.9 Å². The van der Waals surface area contributed by atoms with Gasteiger partial charge in [0.15, 0.2) is 0 Å². The third-order valence-electron chi connectivity index (χ3n) is 5.38. The maximum Gasteiger partial charge on any atom is 0.416 e. The number of nitrogens with zero attached hydrogens (tertiary/aromatic N) is 1. The van der Waals surface area contributed by atoms with Gasteiger partial charge in [0.1, 0.15) is 0 Å². The van der Waals surface area contributed by atoms with E-state index in [0.717, 1.165) is 35.3 Å². The number of carbonyl (C=O) groups is 1. The largest absolute Gasteiger partial charge is 0.416 e. The van der Waals surface area contributed by atoms with E-state index in [2.05, 4.69) is 12.2 Å². The van der Waals surface area contributed by atoms with Crippen molar-refractivity contribution in [3.8, 4) is 0 Å². The molecule has 2 aromatic carbocycles. The molecule has 9 heteroatoms. The number of nitrogens with one attached hydrogen (secondary N) is 1. The molecule has 0 atom stereocenters. The monoisotopic (exact) mass is 454 g/mol. The van der Waals surface area contributed by atoms with Gasteiger partial charge in [-0.2, -0.15) is 17.5 Å². The molecule has 0 radical (unpaired) electrons. The maximum absolute atomic E-state index is 12.9. The summed E-state index contributed by atoms with van der Waals surface area (Å²) in [5.41, 5.74) is 0.866. The fourth-order valence-corrected chi connectivity index (χ4v) is 5.14. The molecule has 0 aliphatic carbocycles. The van der Waals surface area contributed by atoms with Crippen molar-refractivity contribution in [3.63, 3.8) is 0 Å². The molecule has 5 nitrogen and oxygen atoms in total. The van der Waals surface area contributed by atoms with Crippen molar-refractivity contribution in [2.45, 2.75) is 43.7 Å². The summed E-state index contributed by atoms with van der Waals surface area (Å²) in [5.74, 6) is -0.539. The lowest BCUT2D eigenvalue weighted by molar-refractivity contribution is -0.137. The molecule has 0 spiro atoms. The van der Waals surface area contributed by atoms with Crippen molar-refractivity contribution < 1.29 is 26.4 Å². The van der Waals surface area contributed by atoms with Crippen LogP contribution in [0.2, 0.25) is 0 Å². The summed E-state index contributed by atoms with van der Waals surface area (Å²) in [6, 6.07) is 11.3. The normalized spacial score (nSPS) is 16.3. The van der Waals surface area contributed by atoms with Crippen LogP contribution in [-0.2, 0) is 27.4 Å². The summed E-state index contributed by atoms with van der Waals surface area (Å²) in [5, 5.41) is 2.86. The second-order valence-corrected chi connectivity index (χ2v) is 9.58. The first kappa shape index (κ1) is 23.3. The van der Waals surface area contributed by atoms with Crippen molar-refractivity contribution in [1.29, 1.82) is 0 Å². The molecule has 0 aromatic heterocycles. The van der Waals surface area contributed by atoms with Crippen molar-refractivity contribution in [3.05, 3.63) is 59.7 Å². The zero-order valence-corrected chi connectivity index (χ0v) is 18.0. The minimum Gasteiger partial charge on any atom is -0.326 e. The number of hydrogen-bond acceptors (Lipinski definition) is 3. The molecule has 168 valence electrons. The smallest absolute Gasteiger partial charge is 0.326 e. The zero-order chi connectivity index (χ0) is 22.6. The highest BCUT2D eigenvalue weighted by molar-refractivity contribution is 7.89. The van der Waals surface area contributed by atoms with E-state index in [1.807, 2.05) is 24.3 Å². The Kier molecular flexibility index (Phi) is 7.06. The van der Waals surface area contributed by atoms with Gasteiger partial charge in [-0.3, -0.25) is 4.79 Å².